The van der Waals surface area contributed by atoms with Gasteiger partial charge in [-0.15, -0.1) is 11.3 Å². The predicted molar refractivity (Wildman–Crippen MR) is 72.6 cm³/mol. The Morgan fingerprint density at radius 1 is 1.12 bits per heavy atom. The van der Waals surface area contributed by atoms with Gasteiger partial charge in [0.15, 0.2) is 5.78 Å². The van der Waals surface area contributed by atoms with Crippen LogP contribution in [0, 0.1) is 5.41 Å². The smallest absolute Gasteiger partial charge is 0.178 e. The minimum absolute atomic E-state index is 0.233. The molecule has 0 aliphatic rings. The fourth-order valence-electron chi connectivity index (χ4n) is 1.93. The Morgan fingerprint density at radius 2 is 1.82 bits per heavy atom. The van der Waals surface area contributed by atoms with Gasteiger partial charge in [-0.1, -0.05) is 50.2 Å². The van der Waals surface area contributed by atoms with Crippen LogP contribution in [-0.2, 0) is 6.42 Å². The zero-order valence-corrected chi connectivity index (χ0v) is 11.0. The Kier molecular flexibility index (Phi) is 3.43. The van der Waals surface area contributed by atoms with Gasteiger partial charge in [0.25, 0.3) is 0 Å². The van der Waals surface area contributed by atoms with E-state index in [0.29, 0.717) is 0 Å². The van der Waals surface area contributed by atoms with Crippen molar-refractivity contribution in [3.63, 3.8) is 0 Å². The van der Waals surface area contributed by atoms with Crippen molar-refractivity contribution in [2.24, 2.45) is 5.41 Å². The molecule has 0 unspecified atom stereocenters. The van der Waals surface area contributed by atoms with E-state index >= 15 is 0 Å². The van der Waals surface area contributed by atoms with E-state index in [2.05, 4.69) is 12.1 Å². The molecule has 0 spiro atoms. The Hall–Kier alpha value is -1.41. The third-order valence-electron chi connectivity index (χ3n) is 2.85. The van der Waals surface area contributed by atoms with Gasteiger partial charge >= 0.3 is 0 Å². The molecule has 0 fully saturated rings. The van der Waals surface area contributed by atoms with Crippen molar-refractivity contribution >= 4 is 17.1 Å². The second-order valence-electron chi connectivity index (χ2n) is 4.85. The summed E-state index contributed by atoms with van der Waals surface area (Å²) in [7, 11) is 0. The van der Waals surface area contributed by atoms with Crippen molar-refractivity contribution in [2.75, 3.05) is 0 Å². The SMILES string of the molecule is CC(C)(Cc1ccccc1)C(=O)c1cccs1. The van der Waals surface area contributed by atoms with Crippen LogP contribution in [0.3, 0.4) is 0 Å². The van der Waals surface area contributed by atoms with E-state index in [0.717, 1.165) is 11.3 Å². The molecule has 0 aliphatic carbocycles. The molecular formula is C15H16OS. The largest absolute Gasteiger partial charge is 0.293 e. The zero-order valence-electron chi connectivity index (χ0n) is 10.1. The molecule has 0 saturated carbocycles. The second-order valence-corrected chi connectivity index (χ2v) is 5.80. The van der Waals surface area contributed by atoms with E-state index in [-0.39, 0.29) is 11.2 Å². The van der Waals surface area contributed by atoms with E-state index in [1.54, 1.807) is 0 Å². The van der Waals surface area contributed by atoms with Crippen LogP contribution < -0.4 is 0 Å². The van der Waals surface area contributed by atoms with Crippen LogP contribution in [0.1, 0.15) is 29.1 Å². The monoisotopic (exact) mass is 244 g/mol. The van der Waals surface area contributed by atoms with Gasteiger partial charge in [-0.2, -0.15) is 0 Å². The molecule has 0 atom stereocenters. The highest BCUT2D eigenvalue weighted by atomic mass is 32.1. The summed E-state index contributed by atoms with van der Waals surface area (Å²) in [6.07, 6.45) is 0.782. The minimum atomic E-state index is -0.341. The maximum absolute atomic E-state index is 12.3. The molecule has 0 aliphatic heterocycles. The van der Waals surface area contributed by atoms with Crippen LogP contribution >= 0.6 is 11.3 Å². The highest BCUT2D eigenvalue weighted by Crippen LogP contribution is 2.28. The Morgan fingerprint density at radius 3 is 2.41 bits per heavy atom. The number of ketones is 1. The molecule has 1 aromatic heterocycles. The molecule has 2 rings (SSSR count). The van der Waals surface area contributed by atoms with Crippen molar-refractivity contribution in [1.82, 2.24) is 0 Å². The predicted octanol–water partition coefficient (Wildman–Crippen LogP) is 4.20. The summed E-state index contributed by atoms with van der Waals surface area (Å²) in [5.41, 5.74) is 0.869. The fourth-order valence-corrected chi connectivity index (χ4v) is 2.77. The highest BCUT2D eigenvalue weighted by Gasteiger charge is 2.29. The molecular weight excluding hydrogens is 228 g/mol. The molecule has 2 heteroatoms. The molecule has 1 heterocycles. The third kappa shape index (κ3) is 2.83. The first kappa shape index (κ1) is 12.1. The maximum atomic E-state index is 12.3. The minimum Gasteiger partial charge on any atom is -0.293 e. The standard InChI is InChI=1S/C15H16OS/c1-15(2,11-12-7-4-3-5-8-12)14(16)13-9-6-10-17-13/h3-10H,11H2,1-2H3. The van der Waals surface area contributed by atoms with Crippen LogP contribution in [-0.4, -0.2) is 5.78 Å². The Bertz CT molecular complexity index is 483. The Labute approximate surface area is 106 Å². The van der Waals surface area contributed by atoms with Crippen molar-refractivity contribution in [3.05, 3.63) is 58.3 Å². The lowest BCUT2D eigenvalue weighted by Crippen LogP contribution is -2.26. The number of thiophene rings is 1. The third-order valence-corrected chi connectivity index (χ3v) is 3.72. The van der Waals surface area contributed by atoms with Gasteiger partial charge < -0.3 is 0 Å². The van der Waals surface area contributed by atoms with Gasteiger partial charge in [0.2, 0.25) is 0 Å². The number of rotatable bonds is 4. The van der Waals surface area contributed by atoms with E-state index in [1.807, 2.05) is 49.6 Å². The van der Waals surface area contributed by atoms with Crippen LogP contribution in [0.2, 0.25) is 0 Å². The molecule has 17 heavy (non-hydrogen) atoms. The van der Waals surface area contributed by atoms with Gasteiger partial charge in [0, 0.05) is 5.41 Å². The molecule has 0 radical (unpaired) electrons. The molecule has 0 N–H and O–H groups in total. The van der Waals surface area contributed by atoms with E-state index < -0.39 is 0 Å². The summed E-state index contributed by atoms with van der Waals surface area (Å²) in [5, 5.41) is 1.95. The lowest BCUT2D eigenvalue weighted by atomic mass is 9.81. The number of benzene rings is 1. The number of hydrogen-bond acceptors (Lipinski definition) is 2. The summed E-state index contributed by atoms with van der Waals surface area (Å²) in [4.78, 5) is 13.2. The van der Waals surface area contributed by atoms with Crippen molar-refractivity contribution in [3.8, 4) is 0 Å². The van der Waals surface area contributed by atoms with Gasteiger partial charge in [-0.25, -0.2) is 0 Å². The second kappa shape index (κ2) is 4.84. The maximum Gasteiger partial charge on any atom is 0.178 e. The Balaban J connectivity index is 2.17. The number of carbonyl (C=O) groups is 1. The summed E-state index contributed by atoms with van der Waals surface area (Å²) >= 11 is 1.52. The lowest BCUT2D eigenvalue weighted by Gasteiger charge is -2.22. The number of hydrogen-bond donors (Lipinski definition) is 0. The average molecular weight is 244 g/mol. The molecule has 0 saturated heterocycles. The average Bonchev–Trinajstić information content (AvgIpc) is 2.82. The van der Waals surface area contributed by atoms with Crippen molar-refractivity contribution < 1.29 is 4.79 Å². The van der Waals surface area contributed by atoms with Crippen molar-refractivity contribution in [1.29, 1.82) is 0 Å². The van der Waals surface area contributed by atoms with E-state index in [1.165, 1.54) is 16.9 Å². The fraction of sp³-hybridized carbons (Fsp3) is 0.267. The first-order valence-electron chi connectivity index (χ1n) is 5.72. The molecule has 1 nitrogen and oxygen atoms in total. The topological polar surface area (TPSA) is 17.1 Å². The van der Waals surface area contributed by atoms with Crippen LogP contribution in [0.25, 0.3) is 0 Å². The number of Topliss-reactive ketones (excluding diaryl/α,β-unsaturated/α-hetero) is 1. The highest BCUT2D eigenvalue weighted by molar-refractivity contribution is 7.12. The van der Waals surface area contributed by atoms with Crippen LogP contribution in [0.15, 0.2) is 47.8 Å². The molecule has 1 aromatic carbocycles. The summed E-state index contributed by atoms with van der Waals surface area (Å²) in [5.74, 6) is 0.233. The molecule has 88 valence electrons. The van der Waals surface area contributed by atoms with Gasteiger partial charge in [0.1, 0.15) is 0 Å². The lowest BCUT2D eigenvalue weighted by molar-refractivity contribution is 0.0842. The molecule has 0 bridgehead atoms. The summed E-state index contributed by atoms with van der Waals surface area (Å²) < 4.78 is 0. The first-order chi connectivity index (χ1) is 8.09. The zero-order chi connectivity index (χ0) is 12.3. The summed E-state index contributed by atoms with van der Waals surface area (Å²) in [6.45, 7) is 4.03. The van der Waals surface area contributed by atoms with E-state index in [4.69, 9.17) is 0 Å². The first-order valence-corrected chi connectivity index (χ1v) is 6.60. The number of carbonyl (C=O) groups excluding carboxylic acids is 1. The van der Waals surface area contributed by atoms with Gasteiger partial charge in [0.05, 0.1) is 4.88 Å². The van der Waals surface area contributed by atoms with Gasteiger partial charge in [-0.3, -0.25) is 4.79 Å². The van der Waals surface area contributed by atoms with Crippen LogP contribution in [0.4, 0.5) is 0 Å². The van der Waals surface area contributed by atoms with E-state index in [9.17, 15) is 4.79 Å². The normalized spacial score (nSPS) is 11.4. The molecule has 0 amide bonds. The van der Waals surface area contributed by atoms with Gasteiger partial charge in [-0.05, 0) is 23.4 Å². The summed E-state index contributed by atoms with van der Waals surface area (Å²) in [6, 6.07) is 14.0. The van der Waals surface area contributed by atoms with Crippen LogP contribution in [0.5, 0.6) is 0 Å². The molecule has 2 aromatic rings. The van der Waals surface area contributed by atoms with Crippen molar-refractivity contribution in [2.45, 2.75) is 20.3 Å². The quantitative estimate of drug-likeness (QED) is 0.737.